The van der Waals surface area contributed by atoms with Crippen molar-refractivity contribution in [2.45, 2.75) is 25.4 Å². The second kappa shape index (κ2) is 4.35. The van der Waals surface area contributed by atoms with E-state index in [-0.39, 0.29) is 5.16 Å². The summed E-state index contributed by atoms with van der Waals surface area (Å²) in [4.78, 5) is 0. The van der Waals surface area contributed by atoms with Crippen LogP contribution in [-0.2, 0) is 4.57 Å². The monoisotopic (exact) mass is 231 g/mol. The third kappa shape index (κ3) is 2.15. The van der Waals surface area contributed by atoms with Crippen molar-refractivity contribution in [2.24, 2.45) is 0 Å². The summed E-state index contributed by atoms with van der Waals surface area (Å²) in [5.41, 5.74) is 1.26. The normalized spacial score (nSPS) is 25.1. The van der Waals surface area contributed by atoms with E-state index in [1.807, 2.05) is 30.3 Å². The van der Waals surface area contributed by atoms with Crippen molar-refractivity contribution in [3.8, 4) is 0 Å². The second-order valence-electron chi connectivity index (χ2n) is 4.47. The molecule has 0 radical (unpaired) electrons. The highest BCUT2D eigenvalue weighted by Gasteiger charge is 2.43. The van der Waals surface area contributed by atoms with Gasteiger partial charge in [-0.1, -0.05) is 40.5 Å². The van der Waals surface area contributed by atoms with Crippen molar-refractivity contribution in [3.05, 3.63) is 54.1 Å². The lowest BCUT2D eigenvalue weighted by Gasteiger charge is -2.16. The molecule has 0 saturated heterocycles. The maximum Gasteiger partial charge on any atom is 0.387 e. The Hall–Kier alpha value is -1.20. The smallest absolute Gasteiger partial charge is 0.0765 e. The molecular formula is C14H16OP+. The van der Waals surface area contributed by atoms with Crippen LogP contribution >= 0.6 is 7.80 Å². The number of allylic oxidation sites excluding steroid dienone is 4. The van der Waals surface area contributed by atoms with Gasteiger partial charge in [0.1, 0.15) is 0 Å². The van der Waals surface area contributed by atoms with Gasteiger partial charge in [-0.3, -0.25) is 0 Å². The molecule has 0 aromatic heterocycles. The summed E-state index contributed by atoms with van der Waals surface area (Å²) < 4.78 is 12.5. The third-order valence-electron chi connectivity index (χ3n) is 3.00. The van der Waals surface area contributed by atoms with Crippen molar-refractivity contribution in [3.63, 3.8) is 0 Å². The van der Waals surface area contributed by atoms with Gasteiger partial charge in [0.05, 0.1) is 0 Å². The first-order valence-electron chi connectivity index (χ1n) is 5.50. The molecule has 0 aliphatic heterocycles. The van der Waals surface area contributed by atoms with Crippen molar-refractivity contribution in [1.29, 1.82) is 0 Å². The predicted octanol–water partition coefficient (Wildman–Crippen LogP) is 3.80. The van der Waals surface area contributed by atoms with E-state index >= 15 is 0 Å². The van der Waals surface area contributed by atoms with Crippen molar-refractivity contribution in [1.82, 2.24) is 0 Å². The lowest BCUT2D eigenvalue weighted by Crippen LogP contribution is -2.22. The number of benzene rings is 1. The highest BCUT2D eigenvalue weighted by atomic mass is 31.1. The Morgan fingerprint density at radius 2 is 1.94 bits per heavy atom. The van der Waals surface area contributed by atoms with Crippen LogP contribution < -0.4 is 5.30 Å². The molecule has 82 valence electrons. The molecule has 1 aliphatic rings. The molecule has 0 heterocycles. The van der Waals surface area contributed by atoms with E-state index in [0.29, 0.717) is 0 Å². The van der Waals surface area contributed by atoms with Crippen molar-refractivity contribution in [2.75, 3.05) is 0 Å². The highest BCUT2D eigenvalue weighted by molar-refractivity contribution is 7.55. The maximum atomic E-state index is 12.5. The fourth-order valence-electron chi connectivity index (χ4n) is 1.82. The van der Waals surface area contributed by atoms with Gasteiger partial charge in [-0.2, -0.15) is 0 Å². The van der Waals surface area contributed by atoms with Gasteiger partial charge in [-0.15, -0.1) is 0 Å². The van der Waals surface area contributed by atoms with E-state index in [4.69, 9.17) is 0 Å². The topological polar surface area (TPSA) is 17.1 Å². The first kappa shape index (κ1) is 11.3. The molecule has 2 atom stereocenters. The lowest BCUT2D eigenvalue weighted by molar-refractivity contribution is 0.573. The minimum atomic E-state index is -1.38. The molecule has 2 heteroatoms. The maximum absolute atomic E-state index is 12.5. The van der Waals surface area contributed by atoms with Gasteiger partial charge >= 0.3 is 7.80 Å². The molecule has 1 aromatic rings. The zero-order valence-electron chi connectivity index (χ0n) is 9.68. The fraction of sp³-hybridized carbons (Fsp3) is 0.286. The molecule has 2 rings (SSSR count). The Kier molecular flexibility index (Phi) is 3.07. The first-order chi connectivity index (χ1) is 7.62. The summed E-state index contributed by atoms with van der Waals surface area (Å²) in [5.74, 6) is 0. The summed E-state index contributed by atoms with van der Waals surface area (Å²) in [6, 6.07) is 9.74. The fourth-order valence-corrected chi connectivity index (χ4v) is 3.32. The second-order valence-corrected chi connectivity index (χ2v) is 6.60. The van der Waals surface area contributed by atoms with Crippen LogP contribution in [0.4, 0.5) is 0 Å². The van der Waals surface area contributed by atoms with E-state index in [1.165, 1.54) is 5.57 Å². The minimum Gasteiger partial charge on any atom is -0.0765 e. The van der Waals surface area contributed by atoms with Gasteiger partial charge in [0, 0.05) is 6.42 Å². The van der Waals surface area contributed by atoms with E-state index in [2.05, 4.69) is 32.1 Å². The quantitative estimate of drug-likeness (QED) is 0.707. The number of hydrogen-bond acceptors (Lipinski definition) is 1. The van der Waals surface area contributed by atoms with Crippen LogP contribution in [0.3, 0.4) is 0 Å². The van der Waals surface area contributed by atoms with Crippen molar-refractivity contribution >= 4 is 13.1 Å². The van der Waals surface area contributed by atoms with Gasteiger partial charge in [0.15, 0.2) is 10.5 Å². The van der Waals surface area contributed by atoms with E-state index in [0.717, 1.165) is 11.7 Å². The first-order valence-corrected chi connectivity index (χ1v) is 6.76. The molecule has 1 aromatic carbocycles. The Labute approximate surface area is 97.7 Å². The molecule has 16 heavy (non-hydrogen) atoms. The molecule has 1 aliphatic carbocycles. The number of rotatable bonds is 2. The van der Waals surface area contributed by atoms with E-state index < -0.39 is 7.80 Å². The van der Waals surface area contributed by atoms with Crippen LogP contribution in [0.25, 0.3) is 0 Å². The van der Waals surface area contributed by atoms with Crippen LogP contribution in [-0.4, -0.2) is 5.16 Å². The zero-order valence-corrected chi connectivity index (χ0v) is 10.6. The molecule has 0 N–H and O–H groups in total. The summed E-state index contributed by atoms with van der Waals surface area (Å²) >= 11 is 0. The van der Waals surface area contributed by atoms with Crippen LogP contribution in [0.1, 0.15) is 20.3 Å². The molecule has 2 unspecified atom stereocenters. The van der Waals surface area contributed by atoms with Crippen molar-refractivity contribution < 1.29 is 4.57 Å². The van der Waals surface area contributed by atoms with Gasteiger partial charge < -0.3 is 0 Å². The van der Waals surface area contributed by atoms with Gasteiger partial charge in [0.25, 0.3) is 0 Å². The minimum absolute atomic E-state index is 0.226. The van der Waals surface area contributed by atoms with Crippen LogP contribution in [0, 0.1) is 0 Å². The predicted molar refractivity (Wildman–Crippen MR) is 69.6 cm³/mol. The summed E-state index contributed by atoms with van der Waals surface area (Å²) in [6.07, 6.45) is 7.18. The van der Waals surface area contributed by atoms with Crippen LogP contribution in [0.15, 0.2) is 54.1 Å². The molecule has 0 saturated carbocycles. The van der Waals surface area contributed by atoms with E-state index in [1.54, 1.807) is 0 Å². The van der Waals surface area contributed by atoms with Gasteiger partial charge in [-0.05, 0) is 32.1 Å². The molecule has 0 spiro atoms. The summed E-state index contributed by atoms with van der Waals surface area (Å²) in [5, 5.41) is 0.716. The Bertz CT molecular complexity index is 459. The molecule has 0 fully saturated rings. The standard InChI is InChI=1S/C14H16OP/c1-12-8-10-14(2,11-9-12)16(15)13-6-4-3-5-7-13/h3-10H,11H2,1-2H3/q+1. The lowest BCUT2D eigenvalue weighted by atomic mass is 9.98. The largest absolute Gasteiger partial charge is 0.387 e. The third-order valence-corrected chi connectivity index (χ3v) is 5.02. The Balaban J connectivity index is 2.27. The molecule has 1 nitrogen and oxygen atoms in total. The number of hydrogen-bond donors (Lipinski definition) is 0. The summed E-state index contributed by atoms with van der Waals surface area (Å²) in [6.45, 7) is 4.14. The van der Waals surface area contributed by atoms with Crippen LogP contribution in [0.5, 0.6) is 0 Å². The Morgan fingerprint density at radius 3 is 2.50 bits per heavy atom. The molecular weight excluding hydrogens is 215 g/mol. The zero-order chi connectivity index (χ0) is 11.6. The Morgan fingerprint density at radius 1 is 1.25 bits per heavy atom. The van der Waals surface area contributed by atoms with Gasteiger partial charge in [0.2, 0.25) is 0 Å². The van der Waals surface area contributed by atoms with Crippen LogP contribution in [0.2, 0.25) is 0 Å². The average molecular weight is 231 g/mol. The van der Waals surface area contributed by atoms with E-state index in [9.17, 15) is 4.57 Å². The van der Waals surface area contributed by atoms with Gasteiger partial charge in [-0.25, -0.2) is 0 Å². The summed E-state index contributed by atoms with van der Waals surface area (Å²) in [7, 11) is -1.38. The average Bonchev–Trinajstić information content (AvgIpc) is 2.33. The molecule has 0 amide bonds. The molecule has 0 bridgehead atoms. The highest BCUT2D eigenvalue weighted by Crippen LogP contribution is 2.44. The SMILES string of the molecule is CC1=CCC(C)([P+](=O)c2ccccc2)C=C1.